The zero-order chi connectivity index (χ0) is 12.5. The predicted molar refractivity (Wildman–Crippen MR) is 65.4 cm³/mol. The lowest BCUT2D eigenvalue weighted by Crippen LogP contribution is -2.42. The zero-order valence-electron chi connectivity index (χ0n) is 9.77. The largest absolute Gasteiger partial charge is 0.389 e. The summed E-state index contributed by atoms with van der Waals surface area (Å²) in [5.41, 5.74) is 1.07. The molecular weight excluding hydrogens is 220 g/mol. The van der Waals surface area contributed by atoms with Gasteiger partial charge in [-0.1, -0.05) is 0 Å². The Labute approximate surface area is 98.8 Å². The van der Waals surface area contributed by atoms with E-state index >= 15 is 0 Å². The molecule has 0 radical (unpaired) electrons. The van der Waals surface area contributed by atoms with Crippen molar-refractivity contribution in [3.8, 4) is 0 Å². The highest BCUT2D eigenvalue weighted by atomic mass is 16.3. The summed E-state index contributed by atoms with van der Waals surface area (Å²) in [4.78, 5) is 15.8. The Balaban J connectivity index is 1.98. The number of aliphatic hydroxyl groups is 1. The first kappa shape index (κ1) is 11.7. The van der Waals surface area contributed by atoms with Crippen LogP contribution >= 0.6 is 0 Å². The van der Waals surface area contributed by atoms with Gasteiger partial charge in [0.2, 0.25) is 0 Å². The van der Waals surface area contributed by atoms with Crippen molar-refractivity contribution in [3.05, 3.63) is 11.8 Å². The van der Waals surface area contributed by atoms with Gasteiger partial charge < -0.3 is 10.4 Å². The van der Waals surface area contributed by atoms with Crippen LogP contribution in [0.2, 0.25) is 0 Å². The number of hydrogen-bond donors (Lipinski definition) is 2. The lowest BCUT2D eigenvalue weighted by atomic mass is 10.0. The van der Waals surface area contributed by atoms with Crippen LogP contribution in [0.3, 0.4) is 0 Å². The summed E-state index contributed by atoms with van der Waals surface area (Å²) in [6, 6.07) is 0. The minimum Gasteiger partial charge on any atom is -0.389 e. The number of aliphatic imine (C=N–C) groups is 1. The number of nitrogens with one attached hydrogen (secondary N) is 1. The van der Waals surface area contributed by atoms with E-state index in [1.54, 1.807) is 26.3 Å². The van der Waals surface area contributed by atoms with Crippen LogP contribution in [-0.4, -0.2) is 40.8 Å². The third kappa shape index (κ3) is 2.85. The highest BCUT2D eigenvalue weighted by molar-refractivity contribution is 6.45. The summed E-state index contributed by atoms with van der Waals surface area (Å²) in [6.45, 7) is 3.44. The highest BCUT2D eigenvalue weighted by Crippen LogP contribution is 2.13. The predicted octanol–water partition coefficient (Wildman–Crippen LogP) is 0.0425. The maximum absolute atomic E-state index is 11.8. The van der Waals surface area contributed by atoms with Crippen LogP contribution in [0.5, 0.6) is 0 Å². The number of amides is 1. The fourth-order valence-corrected chi connectivity index (χ4v) is 1.43. The first-order valence-corrected chi connectivity index (χ1v) is 5.33. The smallest absolute Gasteiger partial charge is 0.266 e. The second kappa shape index (κ2) is 4.21. The molecular formula is C11H14N4O2. The number of carbonyl (C=O) groups excluding carboxylic acids is 1. The van der Waals surface area contributed by atoms with Crippen LogP contribution in [0.25, 0.3) is 0 Å². The Morgan fingerprint density at radius 2 is 2.35 bits per heavy atom. The first-order valence-electron chi connectivity index (χ1n) is 5.33. The van der Waals surface area contributed by atoms with Crippen LogP contribution in [0, 0.1) is 0 Å². The van der Waals surface area contributed by atoms with Gasteiger partial charge in [-0.2, -0.15) is 10.2 Å². The number of allylic oxidation sites excluding steroid dienone is 1. The van der Waals surface area contributed by atoms with Crippen molar-refractivity contribution in [2.24, 2.45) is 15.2 Å². The molecule has 0 aliphatic carbocycles. The molecule has 0 bridgehead atoms. The quantitative estimate of drug-likeness (QED) is 0.722. The molecule has 0 saturated heterocycles. The second-order valence-corrected chi connectivity index (χ2v) is 4.62. The average molecular weight is 234 g/mol. The van der Waals surface area contributed by atoms with E-state index in [4.69, 9.17) is 0 Å². The molecule has 2 heterocycles. The monoisotopic (exact) mass is 234 g/mol. The molecule has 0 atom stereocenters. The number of rotatable bonds is 3. The van der Waals surface area contributed by atoms with Crippen LogP contribution < -0.4 is 5.32 Å². The Morgan fingerprint density at radius 3 is 3.06 bits per heavy atom. The van der Waals surface area contributed by atoms with Gasteiger partial charge in [0.25, 0.3) is 5.91 Å². The fraction of sp³-hybridized carbons (Fsp3) is 0.455. The van der Waals surface area contributed by atoms with Gasteiger partial charge in [-0.25, -0.2) is 0 Å². The van der Waals surface area contributed by atoms with Gasteiger partial charge in [-0.15, -0.1) is 0 Å². The Kier molecular flexibility index (Phi) is 2.89. The molecule has 0 aromatic rings. The normalized spacial score (nSPS) is 18.2. The van der Waals surface area contributed by atoms with Crippen LogP contribution in [0.4, 0.5) is 0 Å². The molecule has 0 fully saturated rings. The van der Waals surface area contributed by atoms with E-state index in [0.717, 1.165) is 11.3 Å². The van der Waals surface area contributed by atoms with E-state index in [-0.39, 0.29) is 12.5 Å². The number of nitrogens with zero attached hydrogens (tertiary/aromatic N) is 3. The van der Waals surface area contributed by atoms with Crippen LogP contribution in [0.1, 0.15) is 20.3 Å². The summed E-state index contributed by atoms with van der Waals surface area (Å²) in [6.07, 6.45) is 3.58. The molecule has 2 rings (SSSR count). The minimum absolute atomic E-state index is 0.185. The second-order valence-electron chi connectivity index (χ2n) is 4.62. The molecule has 90 valence electrons. The number of hydrogen-bond acceptors (Lipinski definition) is 5. The molecule has 2 aliphatic rings. The van der Waals surface area contributed by atoms with Gasteiger partial charge >= 0.3 is 0 Å². The molecule has 1 amide bonds. The maximum atomic E-state index is 11.8. The number of carbonyl (C=O) groups is 1. The Hall–Kier alpha value is -1.82. The third-order valence-electron chi connectivity index (χ3n) is 2.35. The van der Waals surface area contributed by atoms with Gasteiger partial charge in [-0.05, 0) is 13.8 Å². The molecule has 0 unspecified atom stereocenters. The van der Waals surface area contributed by atoms with Crippen molar-refractivity contribution in [2.75, 3.05) is 6.54 Å². The molecule has 6 heteroatoms. The van der Waals surface area contributed by atoms with E-state index in [9.17, 15) is 9.90 Å². The molecule has 0 aromatic carbocycles. The van der Waals surface area contributed by atoms with E-state index in [2.05, 4.69) is 20.5 Å². The molecule has 2 N–H and O–H groups in total. The van der Waals surface area contributed by atoms with E-state index in [1.807, 2.05) is 0 Å². The summed E-state index contributed by atoms with van der Waals surface area (Å²) in [5, 5.41) is 19.8. The molecule has 0 saturated carbocycles. The van der Waals surface area contributed by atoms with E-state index in [0.29, 0.717) is 12.1 Å². The SMILES string of the molecule is CC(C)(O)CNC(=O)C1=NC=C2C=NN=C2C1. The topological polar surface area (TPSA) is 86.4 Å². The number of fused-ring (bicyclic) bond motifs is 1. The molecule has 0 spiro atoms. The Morgan fingerprint density at radius 1 is 1.59 bits per heavy atom. The minimum atomic E-state index is -0.931. The van der Waals surface area contributed by atoms with E-state index in [1.165, 1.54) is 0 Å². The van der Waals surface area contributed by atoms with Crippen molar-refractivity contribution < 1.29 is 9.90 Å². The van der Waals surface area contributed by atoms with Gasteiger partial charge in [0, 0.05) is 24.7 Å². The fourth-order valence-electron chi connectivity index (χ4n) is 1.43. The van der Waals surface area contributed by atoms with Gasteiger partial charge in [-0.3, -0.25) is 9.79 Å². The van der Waals surface area contributed by atoms with Crippen molar-refractivity contribution in [1.82, 2.24) is 5.32 Å². The lowest BCUT2D eigenvalue weighted by molar-refractivity contribution is -0.115. The van der Waals surface area contributed by atoms with Crippen molar-refractivity contribution in [1.29, 1.82) is 0 Å². The standard InChI is InChI=1S/C11H14N4O2/c1-11(2,17)6-13-10(16)9-3-8-7(4-12-9)5-14-15-8/h4-5,17H,3,6H2,1-2H3,(H,13,16). The molecule has 6 nitrogen and oxygen atoms in total. The van der Waals surface area contributed by atoms with Crippen molar-refractivity contribution >= 4 is 23.5 Å². The first-order chi connectivity index (χ1) is 7.96. The third-order valence-corrected chi connectivity index (χ3v) is 2.35. The summed E-state index contributed by atoms with van der Waals surface area (Å²) < 4.78 is 0. The lowest BCUT2D eigenvalue weighted by Gasteiger charge is -2.18. The summed E-state index contributed by atoms with van der Waals surface area (Å²) in [5.74, 6) is -0.281. The van der Waals surface area contributed by atoms with Crippen LogP contribution in [0.15, 0.2) is 27.0 Å². The van der Waals surface area contributed by atoms with Crippen molar-refractivity contribution in [3.63, 3.8) is 0 Å². The van der Waals surface area contributed by atoms with Gasteiger partial charge in [0.05, 0.1) is 17.5 Å². The Bertz CT molecular complexity index is 466. The van der Waals surface area contributed by atoms with Crippen molar-refractivity contribution in [2.45, 2.75) is 25.9 Å². The summed E-state index contributed by atoms with van der Waals surface area (Å²) in [7, 11) is 0. The van der Waals surface area contributed by atoms with E-state index < -0.39 is 5.60 Å². The maximum Gasteiger partial charge on any atom is 0.266 e. The zero-order valence-corrected chi connectivity index (χ0v) is 9.77. The average Bonchev–Trinajstić information content (AvgIpc) is 2.71. The highest BCUT2D eigenvalue weighted by Gasteiger charge is 2.23. The van der Waals surface area contributed by atoms with Crippen LogP contribution in [-0.2, 0) is 4.79 Å². The molecule has 17 heavy (non-hydrogen) atoms. The van der Waals surface area contributed by atoms with Gasteiger partial charge in [0.15, 0.2) is 0 Å². The molecule has 2 aliphatic heterocycles. The molecule has 0 aromatic heterocycles. The summed E-state index contributed by atoms with van der Waals surface area (Å²) >= 11 is 0. The van der Waals surface area contributed by atoms with Gasteiger partial charge in [0.1, 0.15) is 5.71 Å².